The second-order valence-electron chi connectivity index (χ2n) is 2.74. The first-order valence-electron chi connectivity index (χ1n) is 4.06. The van der Waals surface area contributed by atoms with E-state index >= 15 is 0 Å². The van der Waals surface area contributed by atoms with E-state index in [0.717, 1.165) is 13.1 Å². The fourth-order valence-corrected chi connectivity index (χ4v) is 1.06. The smallest absolute Gasteiger partial charge is 0.0379 e. The average molecular weight is 165 g/mol. The summed E-state index contributed by atoms with van der Waals surface area (Å²) in [7, 11) is 0. The number of hydrogen-bond donors (Lipinski definition) is 2. The van der Waals surface area contributed by atoms with Crippen molar-refractivity contribution in [2.75, 3.05) is 13.1 Å². The van der Waals surface area contributed by atoms with Gasteiger partial charge in [-0.05, 0) is 5.56 Å². The van der Waals surface area contributed by atoms with Gasteiger partial charge in [-0.1, -0.05) is 30.3 Å². The SMILES string of the molecule is NCCN(N)Cc1ccccc1. The molecule has 0 spiro atoms. The maximum absolute atomic E-state index is 5.67. The third-order valence-electron chi connectivity index (χ3n) is 1.64. The van der Waals surface area contributed by atoms with Crippen molar-refractivity contribution in [2.45, 2.75) is 6.54 Å². The summed E-state index contributed by atoms with van der Waals surface area (Å²) in [5, 5.41) is 1.72. The molecule has 0 amide bonds. The van der Waals surface area contributed by atoms with Gasteiger partial charge in [0, 0.05) is 19.6 Å². The third-order valence-corrected chi connectivity index (χ3v) is 1.64. The van der Waals surface area contributed by atoms with Crippen LogP contribution in [0.15, 0.2) is 30.3 Å². The van der Waals surface area contributed by atoms with Crippen molar-refractivity contribution in [3.8, 4) is 0 Å². The van der Waals surface area contributed by atoms with E-state index in [4.69, 9.17) is 11.6 Å². The molecule has 12 heavy (non-hydrogen) atoms. The Morgan fingerprint density at radius 1 is 1.17 bits per heavy atom. The standard InChI is InChI=1S/C9H15N3/c10-6-7-12(11)8-9-4-2-1-3-5-9/h1-5H,6-8,10-11H2. The molecule has 66 valence electrons. The van der Waals surface area contributed by atoms with E-state index in [1.807, 2.05) is 18.2 Å². The molecule has 0 saturated carbocycles. The summed E-state index contributed by atoms with van der Waals surface area (Å²) in [6, 6.07) is 10.1. The van der Waals surface area contributed by atoms with Crippen molar-refractivity contribution in [3.63, 3.8) is 0 Å². The van der Waals surface area contributed by atoms with E-state index in [0.29, 0.717) is 6.54 Å². The van der Waals surface area contributed by atoms with Gasteiger partial charge in [0.05, 0.1) is 0 Å². The minimum Gasteiger partial charge on any atom is -0.329 e. The van der Waals surface area contributed by atoms with Gasteiger partial charge in [-0.2, -0.15) is 0 Å². The van der Waals surface area contributed by atoms with Crippen LogP contribution < -0.4 is 11.6 Å². The van der Waals surface area contributed by atoms with Crippen LogP contribution in [0.3, 0.4) is 0 Å². The van der Waals surface area contributed by atoms with Crippen molar-refractivity contribution >= 4 is 0 Å². The fraction of sp³-hybridized carbons (Fsp3) is 0.333. The van der Waals surface area contributed by atoms with E-state index in [1.54, 1.807) is 5.01 Å². The zero-order valence-electron chi connectivity index (χ0n) is 7.11. The van der Waals surface area contributed by atoms with Gasteiger partial charge in [0.2, 0.25) is 0 Å². The number of benzene rings is 1. The van der Waals surface area contributed by atoms with Crippen LogP contribution in [0, 0.1) is 0 Å². The quantitative estimate of drug-likeness (QED) is 0.499. The normalized spacial score (nSPS) is 10.6. The molecule has 0 bridgehead atoms. The summed E-state index contributed by atoms with van der Waals surface area (Å²) < 4.78 is 0. The predicted molar refractivity (Wildman–Crippen MR) is 50.1 cm³/mol. The number of nitrogens with zero attached hydrogens (tertiary/aromatic N) is 1. The number of hydrogen-bond acceptors (Lipinski definition) is 3. The molecule has 3 heteroatoms. The summed E-state index contributed by atoms with van der Waals surface area (Å²) in [6.45, 7) is 2.09. The summed E-state index contributed by atoms with van der Waals surface area (Å²) in [6.07, 6.45) is 0. The van der Waals surface area contributed by atoms with Gasteiger partial charge in [0.1, 0.15) is 0 Å². The molecule has 0 saturated heterocycles. The Balaban J connectivity index is 2.41. The minimum atomic E-state index is 0.601. The molecule has 1 aromatic rings. The molecular formula is C9H15N3. The number of nitrogens with two attached hydrogens (primary N) is 2. The largest absolute Gasteiger partial charge is 0.329 e. The minimum absolute atomic E-state index is 0.601. The van der Waals surface area contributed by atoms with Gasteiger partial charge in [-0.15, -0.1) is 0 Å². The van der Waals surface area contributed by atoms with E-state index in [9.17, 15) is 0 Å². The first-order valence-corrected chi connectivity index (χ1v) is 4.06. The molecule has 4 N–H and O–H groups in total. The molecule has 0 aliphatic heterocycles. The predicted octanol–water partition coefficient (Wildman–Crippen LogP) is 0.321. The Bertz CT molecular complexity index is 210. The van der Waals surface area contributed by atoms with E-state index < -0.39 is 0 Å². The highest BCUT2D eigenvalue weighted by Gasteiger charge is 1.97. The lowest BCUT2D eigenvalue weighted by Crippen LogP contribution is -2.34. The second kappa shape index (κ2) is 4.87. The van der Waals surface area contributed by atoms with Crippen molar-refractivity contribution in [1.82, 2.24) is 5.01 Å². The van der Waals surface area contributed by atoms with Crippen LogP contribution in [0.1, 0.15) is 5.56 Å². The van der Waals surface area contributed by atoms with Gasteiger partial charge in [-0.3, -0.25) is 5.84 Å². The lowest BCUT2D eigenvalue weighted by molar-refractivity contribution is 0.283. The van der Waals surface area contributed by atoms with Gasteiger partial charge in [0.15, 0.2) is 0 Å². The molecule has 0 aliphatic carbocycles. The van der Waals surface area contributed by atoms with Gasteiger partial charge < -0.3 is 5.73 Å². The van der Waals surface area contributed by atoms with Gasteiger partial charge in [0.25, 0.3) is 0 Å². The molecule has 0 radical (unpaired) electrons. The summed E-state index contributed by atoms with van der Waals surface area (Å²) in [5.74, 6) is 5.67. The van der Waals surface area contributed by atoms with Crippen LogP contribution in [0.4, 0.5) is 0 Å². The number of rotatable bonds is 4. The molecule has 3 nitrogen and oxygen atoms in total. The van der Waals surface area contributed by atoms with Crippen LogP contribution >= 0.6 is 0 Å². The maximum Gasteiger partial charge on any atom is 0.0379 e. The average Bonchev–Trinajstić information content (AvgIpc) is 2.06. The Hall–Kier alpha value is -0.900. The van der Waals surface area contributed by atoms with Crippen LogP contribution in [0.5, 0.6) is 0 Å². The Morgan fingerprint density at radius 2 is 1.83 bits per heavy atom. The van der Waals surface area contributed by atoms with Crippen LogP contribution in [0.2, 0.25) is 0 Å². The van der Waals surface area contributed by atoms with Crippen molar-refractivity contribution in [1.29, 1.82) is 0 Å². The lowest BCUT2D eigenvalue weighted by atomic mass is 10.2. The van der Waals surface area contributed by atoms with Crippen molar-refractivity contribution in [3.05, 3.63) is 35.9 Å². The molecule has 0 fully saturated rings. The molecule has 0 aromatic heterocycles. The van der Waals surface area contributed by atoms with E-state index in [-0.39, 0.29) is 0 Å². The Kier molecular flexibility index (Phi) is 3.73. The Labute approximate surface area is 72.9 Å². The molecule has 1 aromatic carbocycles. The van der Waals surface area contributed by atoms with Crippen LogP contribution in [-0.2, 0) is 6.54 Å². The van der Waals surface area contributed by atoms with Gasteiger partial charge >= 0.3 is 0 Å². The molecule has 0 atom stereocenters. The van der Waals surface area contributed by atoms with Crippen LogP contribution in [-0.4, -0.2) is 18.1 Å². The maximum atomic E-state index is 5.67. The first kappa shape index (κ1) is 9.19. The molecule has 0 unspecified atom stereocenters. The number of hydrazine groups is 1. The van der Waals surface area contributed by atoms with Crippen molar-refractivity contribution < 1.29 is 0 Å². The second-order valence-corrected chi connectivity index (χ2v) is 2.74. The summed E-state index contributed by atoms with van der Waals surface area (Å²) >= 11 is 0. The third kappa shape index (κ3) is 3.00. The molecule has 1 rings (SSSR count). The summed E-state index contributed by atoms with van der Waals surface area (Å²) in [4.78, 5) is 0. The molecule has 0 aliphatic rings. The lowest BCUT2D eigenvalue weighted by Gasteiger charge is -2.14. The topological polar surface area (TPSA) is 55.3 Å². The summed E-state index contributed by atoms with van der Waals surface area (Å²) in [5.41, 5.74) is 6.58. The zero-order chi connectivity index (χ0) is 8.81. The highest BCUT2D eigenvalue weighted by Crippen LogP contribution is 1.99. The van der Waals surface area contributed by atoms with Gasteiger partial charge in [-0.25, -0.2) is 5.01 Å². The first-order chi connectivity index (χ1) is 5.83. The molecular weight excluding hydrogens is 150 g/mol. The van der Waals surface area contributed by atoms with Crippen molar-refractivity contribution in [2.24, 2.45) is 11.6 Å². The highest BCUT2D eigenvalue weighted by molar-refractivity contribution is 5.14. The Morgan fingerprint density at radius 3 is 2.42 bits per heavy atom. The fourth-order valence-electron chi connectivity index (χ4n) is 1.06. The monoisotopic (exact) mass is 165 g/mol. The highest BCUT2D eigenvalue weighted by atomic mass is 15.4. The van der Waals surface area contributed by atoms with E-state index in [2.05, 4.69) is 12.1 Å². The van der Waals surface area contributed by atoms with E-state index in [1.165, 1.54) is 5.56 Å². The zero-order valence-corrected chi connectivity index (χ0v) is 7.11. The molecule has 0 heterocycles. The van der Waals surface area contributed by atoms with Crippen LogP contribution in [0.25, 0.3) is 0 Å².